The van der Waals surface area contributed by atoms with Crippen molar-refractivity contribution in [1.29, 1.82) is 0 Å². The van der Waals surface area contributed by atoms with Gasteiger partial charge in [-0.1, -0.05) is 29.8 Å². The van der Waals surface area contributed by atoms with Crippen LogP contribution in [0.3, 0.4) is 0 Å². The molecule has 168 valence electrons. The van der Waals surface area contributed by atoms with Crippen molar-refractivity contribution in [3.8, 4) is 16.3 Å². The zero-order valence-corrected chi connectivity index (χ0v) is 19.5. The molecule has 2 heterocycles. The van der Waals surface area contributed by atoms with Gasteiger partial charge in [-0.15, -0.1) is 11.3 Å². The molecule has 0 N–H and O–H groups in total. The molecule has 1 aliphatic rings. The maximum atomic E-state index is 13.1. The Morgan fingerprint density at radius 1 is 1.19 bits per heavy atom. The van der Waals surface area contributed by atoms with Crippen LogP contribution in [0.25, 0.3) is 10.6 Å². The number of carbonyl (C=O) groups is 1. The molecule has 32 heavy (non-hydrogen) atoms. The average molecular weight is 473 g/mol. The van der Waals surface area contributed by atoms with Gasteiger partial charge in [-0.2, -0.15) is 4.31 Å². The van der Waals surface area contributed by atoms with E-state index in [2.05, 4.69) is 4.98 Å². The van der Waals surface area contributed by atoms with E-state index in [1.54, 1.807) is 31.4 Å². The predicted octanol–water partition coefficient (Wildman–Crippen LogP) is 4.02. The molecular formula is C23H24N2O5S2. The number of hydrogen-bond acceptors (Lipinski definition) is 7. The van der Waals surface area contributed by atoms with Crippen LogP contribution in [0.5, 0.6) is 5.75 Å². The molecule has 7 nitrogen and oxygen atoms in total. The van der Waals surface area contributed by atoms with Gasteiger partial charge < -0.3 is 9.47 Å². The van der Waals surface area contributed by atoms with Crippen LogP contribution in [0.15, 0.2) is 58.8 Å². The first-order valence-corrected chi connectivity index (χ1v) is 12.5. The van der Waals surface area contributed by atoms with Crippen molar-refractivity contribution in [2.45, 2.75) is 37.3 Å². The number of esters is 1. The molecule has 1 atom stereocenters. The molecule has 3 aromatic rings. The molecule has 4 rings (SSSR count). The van der Waals surface area contributed by atoms with E-state index >= 15 is 0 Å². The first-order chi connectivity index (χ1) is 15.4. The highest BCUT2D eigenvalue weighted by Crippen LogP contribution is 2.32. The van der Waals surface area contributed by atoms with Gasteiger partial charge in [0.15, 0.2) is 0 Å². The van der Waals surface area contributed by atoms with Gasteiger partial charge in [0.25, 0.3) is 0 Å². The molecule has 9 heteroatoms. The van der Waals surface area contributed by atoms with Crippen molar-refractivity contribution in [3.05, 3.63) is 65.2 Å². The number of ether oxygens (including phenoxy) is 2. The number of rotatable bonds is 7. The molecular weight excluding hydrogens is 448 g/mol. The second-order valence-electron chi connectivity index (χ2n) is 7.54. The Morgan fingerprint density at radius 2 is 1.94 bits per heavy atom. The Balaban J connectivity index is 1.44. The van der Waals surface area contributed by atoms with Gasteiger partial charge >= 0.3 is 5.97 Å². The summed E-state index contributed by atoms with van der Waals surface area (Å²) in [5, 5.41) is 2.59. The summed E-state index contributed by atoms with van der Waals surface area (Å²) >= 11 is 1.43. The highest BCUT2D eigenvalue weighted by atomic mass is 32.2. The second-order valence-corrected chi connectivity index (χ2v) is 10.3. The normalized spacial score (nSPS) is 16.8. The van der Waals surface area contributed by atoms with Gasteiger partial charge in [-0.05, 0) is 44.0 Å². The summed E-state index contributed by atoms with van der Waals surface area (Å²) in [4.78, 5) is 17.5. The minimum Gasteiger partial charge on any atom is -0.496 e. The lowest BCUT2D eigenvalue weighted by Crippen LogP contribution is -2.41. The van der Waals surface area contributed by atoms with Crippen molar-refractivity contribution in [1.82, 2.24) is 9.29 Å². The van der Waals surface area contributed by atoms with E-state index in [4.69, 9.17) is 9.47 Å². The van der Waals surface area contributed by atoms with Crippen LogP contribution in [0, 0.1) is 6.92 Å². The number of carbonyl (C=O) groups excluding carboxylic acids is 1. The zero-order valence-electron chi connectivity index (χ0n) is 17.9. The monoisotopic (exact) mass is 472 g/mol. The molecule has 0 saturated carbocycles. The Kier molecular flexibility index (Phi) is 6.59. The van der Waals surface area contributed by atoms with Crippen molar-refractivity contribution >= 4 is 27.3 Å². The molecule has 1 saturated heterocycles. The summed E-state index contributed by atoms with van der Waals surface area (Å²) in [7, 11) is -2.16. The van der Waals surface area contributed by atoms with Gasteiger partial charge in [0.1, 0.15) is 23.4 Å². The molecule has 1 fully saturated rings. The minimum atomic E-state index is -3.77. The van der Waals surface area contributed by atoms with Crippen LogP contribution in [-0.2, 0) is 26.2 Å². The van der Waals surface area contributed by atoms with Gasteiger partial charge in [0.2, 0.25) is 10.0 Å². The fraction of sp³-hybridized carbons (Fsp3) is 0.304. The van der Waals surface area contributed by atoms with Crippen LogP contribution in [0.4, 0.5) is 0 Å². The Morgan fingerprint density at radius 3 is 2.69 bits per heavy atom. The van der Waals surface area contributed by atoms with Crippen molar-refractivity contribution in [2.24, 2.45) is 0 Å². The molecule has 1 aliphatic heterocycles. The standard InChI is InChI=1S/C23H24N2O5S2/c1-16-9-11-18(12-10-16)32(27,28)25-13-5-7-20(25)23(26)30-14-17-15-31-22(24-17)19-6-3-4-8-21(19)29-2/h3-4,6,8-12,15,20H,5,7,13-14H2,1-2H3/t20-/m0/s1. The lowest BCUT2D eigenvalue weighted by atomic mass is 10.2. The van der Waals surface area contributed by atoms with Gasteiger partial charge in [0, 0.05) is 11.9 Å². The number of methoxy groups -OCH3 is 1. The van der Waals surface area contributed by atoms with E-state index in [0.29, 0.717) is 30.8 Å². The Bertz CT molecular complexity index is 1210. The van der Waals surface area contributed by atoms with Crippen molar-refractivity contribution < 1.29 is 22.7 Å². The molecule has 0 amide bonds. The number of hydrogen-bond donors (Lipinski definition) is 0. The third-order valence-electron chi connectivity index (χ3n) is 5.35. The van der Waals surface area contributed by atoms with Crippen LogP contribution in [0.2, 0.25) is 0 Å². The minimum absolute atomic E-state index is 0.0145. The molecule has 0 radical (unpaired) electrons. The first kappa shape index (κ1) is 22.4. The molecule has 0 unspecified atom stereocenters. The predicted molar refractivity (Wildman–Crippen MR) is 122 cm³/mol. The smallest absolute Gasteiger partial charge is 0.324 e. The van der Waals surface area contributed by atoms with Crippen LogP contribution in [0.1, 0.15) is 24.1 Å². The SMILES string of the molecule is COc1ccccc1-c1nc(COC(=O)[C@@H]2CCCN2S(=O)(=O)c2ccc(C)cc2)cs1. The molecule has 0 aliphatic carbocycles. The van der Waals surface area contributed by atoms with Gasteiger partial charge in [-0.25, -0.2) is 13.4 Å². The van der Waals surface area contributed by atoms with E-state index in [1.165, 1.54) is 15.6 Å². The molecule has 0 spiro atoms. The highest BCUT2D eigenvalue weighted by molar-refractivity contribution is 7.89. The number of nitrogens with zero attached hydrogens (tertiary/aromatic N) is 2. The van der Waals surface area contributed by atoms with Crippen molar-refractivity contribution in [3.63, 3.8) is 0 Å². The van der Waals surface area contributed by atoms with Gasteiger partial charge in [-0.3, -0.25) is 4.79 Å². The number of aromatic nitrogens is 1. The van der Waals surface area contributed by atoms with Crippen LogP contribution in [-0.4, -0.2) is 43.4 Å². The Hall–Kier alpha value is -2.75. The highest BCUT2D eigenvalue weighted by Gasteiger charge is 2.40. The quantitative estimate of drug-likeness (QED) is 0.483. The number of sulfonamides is 1. The fourth-order valence-corrected chi connectivity index (χ4v) is 6.15. The number of aryl methyl sites for hydroxylation is 1. The summed E-state index contributed by atoms with van der Waals surface area (Å²) in [6, 6.07) is 13.4. The number of benzene rings is 2. The maximum absolute atomic E-state index is 13.1. The van der Waals surface area contributed by atoms with E-state index < -0.39 is 22.0 Å². The second kappa shape index (κ2) is 9.40. The zero-order chi connectivity index (χ0) is 22.7. The number of para-hydroxylation sites is 1. The molecule has 2 aromatic carbocycles. The first-order valence-electron chi connectivity index (χ1n) is 10.2. The fourth-order valence-electron chi connectivity index (χ4n) is 3.67. The number of thiazole rings is 1. The largest absolute Gasteiger partial charge is 0.496 e. The summed E-state index contributed by atoms with van der Waals surface area (Å²) < 4.78 is 38.2. The topological polar surface area (TPSA) is 85.8 Å². The summed E-state index contributed by atoms with van der Waals surface area (Å²) in [6.45, 7) is 2.17. The lowest BCUT2D eigenvalue weighted by molar-refractivity contribution is -0.148. The molecule has 1 aromatic heterocycles. The van der Waals surface area contributed by atoms with Gasteiger partial charge in [0.05, 0.1) is 23.3 Å². The maximum Gasteiger partial charge on any atom is 0.324 e. The Labute approximate surface area is 191 Å². The summed E-state index contributed by atoms with van der Waals surface area (Å²) in [5.74, 6) is 0.165. The van der Waals surface area contributed by atoms with E-state index in [9.17, 15) is 13.2 Å². The van der Waals surface area contributed by atoms with Crippen molar-refractivity contribution in [2.75, 3.05) is 13.7 Å². The van der Waals surface area contributed by atoms with E-state index in [0.717, 1.165) is 16.1 Å². The lowest BCUT2D eigenvalue weighted by Gasteiger charge is -2.22. The third-order valence-corrected chi connectivity index (χ3v) is 8.20. The summed E-state index contributed by atoms with van der Waals surface area (Å²) in [5.41, 5.74) is 2.44. The van der Waals surface area contributed by atoms with E-state index in [1.807, 2.05) is 36.6 Å². The summed E-state index contributed by atoms with van der Waals surface area (Å²) in [6.07, 6.45) is 1.05. The van der Waals surface area contributed by atoms with Crippen LogP contribution >= 0.6 is 11.3 Å². The average Bonchev–Trinajstić information content (AvgIpc) is 3.48. The van der Waals surface area contributed by atoms with E-state index in [-0.39, 0.29) is 11.5 Å². The molecule has 0 bridgehead atoms. The third kappa shape index (κ3) is 4.55. The van der Waals surface area contributed by atoms with Crippen LogP contribution < -0.4 is 4.74 Å².